The molecule has 2 bridgehead atoms. The topological polar surface area (TPSA) is 20.2 Å². The molecule has 0 aromatic carbocycles. The molecule has 60 valence electrons. The van der Waals surface area contributed by atoms with Crippen molar-refractivity contribution in [2.75, 3.05) is 0 Å². The Morgan fingerprint density at radius 1 is 1.18 bits per heavy atom. The van der Waals surface area contributed by atoms with Gasteiger partial charge in [-0.1, -0.05) is 12.2 Å². The van der Waals surface area contributed by atoms with Gasteiger partial charge in [-0.3, -0.25) is 0 Å². The molecule has 1 heteroatoms. The normalized spacial score (nSPS) is 58.8. The third kappa shape index (κ3) is 0.652. The van der Waals surface area contributed by atoms with E-state index < -0.39 is 0 Å². The fourth-order valence-corrected chi connectivity index (χ4v) is 3.51. The summed E-state index contributed by atoms with van der Waals surface area (Å²) in [6, 6.07) is 0. The quantitative estimate of drug-likeness (QED) is 0.520. The minimum atomic E-state index is 0.0315. The SMILES string of the molecule is O[C@@H]1C[C@H]2C[C@H]1[C@@H]1C=CC[C@@H]21. The van der Waals surface area contributed by atoms with Crippen molar-refractivity contribution in [3.8, 4) is 0 Å². The maximum absolute atomic E-state index is 9.63. The summed E-state index contributed by atoms with van der Waals surface area (Å²) in [5.41, 5.74) is 0. The molecule has 5 atom stereocenters. The highest BCUT2D eigenvalue weighted by Gasteiger charge is 2.51. The molecule has 3 rings (SSSR count). The van der Waals surface area contributed by atoms with E-state index in [1.807, 2.05) is 0 Å². The van der Waals surface area contributed by atoms with E-state index in [0.717, 1.165) is 24.2 Å². The second-order valence-corrected chi connectivity index (χ2v) is 4.37. The van der Waals surface area contributed by atoms with E-state index in [-0.39, 0.29) is 6.10 Å². The average Bonchev–Trinajstić information content (AvgIpc) is 2.52. The van der Waals surface area contributed by atoms with Gasteiger partial charge in [-0.2, -0.15) is 0 Å². The van der Waals surface area contributed by atoms with Gasteiger partial charge in [-0.25, -0.2) is 0 Å². The predicted molar refractivity (Wildman–Crippen MR) is 43.0 cm³/mol. The Bertz CT molecular complexity index is 209. The van der Waals surface area contributed by atoms with Crippen molar-refractivity contribution in [2.45, 2.75) is 25.4 Å². The number of rotatable bonds is 0. The molecule has 3 aliphatic rings. The highest BCUT2D eigenvalue weighted by molar-refractivity contribution is 5.14. The van der Waals surface area contributed by atoms with E-state index in [1.165, 1.54) is 12.8 Å². The minimum absolute atomic E-state index is 0.0315. The van der Waals surface area contributed by atoms with E-state index in [4.69, 9.17) is 0 Å². The van der Waals surface area contributed by atoms with Gasteiger partial charge >= 0.3 is 0 Å². The van der Waals surface area contributed by atoms with E-state index >= 15 is 0 Å². The van der Waals surface area contributed by atoms with Crippen LogP contribution in [-0.2, 0) is 0 Å². The third-order valence-corrected chi connectivity index (χ3v) is 3.97. The van der Waals surface area contributed by atoms with Gasteiger partial charge in [0.2, 0.25) is 0 Å². The monoisotopic (exact) mass is 150 g/mol. The first-order valence-corrected chi connectivity index (χ1v) is 4.71. The highest BCUT2D eigenvalue weighted by Crippen LogP contribution is 2.56. The first-order valence-electron chi connectivity index (χ1n) is 4.71. The Morgan fingerprint density at radius 2 is 2.09 bits per heavy atom. The molecule has 0 amide bonds. The Kier molecular flexibility index (Phi) is 1.07. The van der Waals surface area contributed by atoms with E-state index in [0.29, 0.717) is 5.92 Å². The molecule has 1 N–H and O–H groups in total. The van der Waals surface area contributed by atoms with Gasteiger partial charge < -0.3 is 5.11 Å². The summed E-state index contributed by atoms with van der Waals surface area (Å²) in [5.74, 6) is 3.16. The van der Waals surface area contributed by atoms with Crippen molar-refractivity contribution in [3.05, 3.63) is 12.2 Å². The van der Waals surface area contributed by atoms with E-state index in [2.05, 4.69) is 12.2 Å². The maximum atomic E-state index is 9.63. The lowest BCUT2D eigenvalue weighted by atomic mass is 9.80. The van der Waals surface area contributed by atoms with Crippen LogP contribution >= 0.6 is 0 Å². The Labute approximate surface area is 67.1 Å². The van der Waals surface area contributed by atoms with Crippen molar-refractivity contribution < 1.29 is 5.11 Å². The summed E-state index contributed by atoms with van der Waals surface area (Å²) >= 11 is 0. The van der Waals surface area contributed by atoms with Gasteiger partial charge in [-0.15, -0.1) is 0 Å². The van der Waals surface area contributed by atoms with Crippen LogP contribution in [0.2, 0.25) is 0 Å². The molecule has 0 radical (unpaired) electrons. The van der Waals surface area contributed by atoms with Crippen LogP contribution in [-0.4, -0.2) is 11.2 Å². The lowest BCUT2D eigenvalue weighted by Crippen LogP contribution is -2.27. The zero-order chi connectivity index (χ0) is 7.42. The van der Waals surface area contributed by atoms with Crippen LogP contribution in [0.4, 0.5) is 0 Å². The fraction of sp³-hybridized carbons (Fsp3) is 0.800. The Morgan fingerprint density at radius 3 is 3.00 bits per heavy atom. The number of hydrogen-bond donors (Lipinski definition) is 1. The van der Waals surface area contributed by atoms with Gasteiger partial charge in [0.05, 0.1) is 6.10 Å². The molecule has 3 aliphatic carbocycles. The molecule has 2 fully saturated rings. The van der Waals surface area contributed by atoms with Gasteiger partial charge in [-0.05, 0) is 42.9 Å². The molecular formula is C10H14O. The third-order valence-electron chi connectivity index (χ3n) is 3.97. The molecule has 0 heterocycles. The van der Waals surface area contributed by atoms with Crippen molar-refractivity contribution >= 4 is 0 Å². The number of aliphatic hydroxyl groups excluding tert-OH is 1. The highest BCUT2D eigenvalue weighted by atomic mass is 16.3. The second-order valence-electron chi connectivity index (χ2n) is 4.37. The Balaban J connectivity index is 1.94. The van der Waals surface area contributed by atoms with Crippen LogP contribution in [0.5, 0.6) is 0 Å². The van der Waals surface area contributed by atoms with Gasteiger partial charge in [0.25, 0.3) is 0 Å². The van der Waals surface area contributed by atoms with E-state index in [9.17, 15) is 5.11 Å². The molecular weight excluding hydrogens is 136 g/mol. The number of aliphatic hydroxyl groups is 1. The second kappa shape index (κ2) is 1.89. The fourth-order valence-electron chi connectivity index (χ4n) is 3.51. The van der Waals surface area contributed by atoms with Gasteiger partial charge in [0.15, 0.2) is 0 Å². The summed E-state index contributed by atoms with van der Waals surface area (Å²) in [4.78, 5) is 0. The van der Waals surface area contributed by atoms with Crippen molar-refractivity contribution in [1.29, 1.82) is 0 Å². The largest absolute Gasteiger partial charge is 0.393 e. The van der Waals surface area contributed by atoms with Gasteiger partial charge in [0.1, 0.15) is 0 Å². The van der Waals surface area contributed by atoms with E-state index in [1.54, 1.807) is 0 Å². The maximum Gasteiger partial charge on any atom is 0.0577 e. The van der Waals surface area contributed by atoms with Crippen LogP contribution < -0.4 is 0 Å². The van der Waals surface area contributed by atoms with Crippen molar-refractivity contribution in [1.82, 2.24) is 0 Å². The molecule has 1 nitrogen and oxygen atoms in total. The number of hydrogen-bond acceptors (Lipinski definition) is 1. The predicted octanol–water partition coefficient (Wildman–Crippen LogP) is 1.58. The molecule has 2 saturated carbocycles. The first-order chi connectivity index (χ1) is 5.36. The van der Waals surface area contributed by atoms with Crippen molar-refractivity contribution in [2.24, 2.45) is 23.7 Å². The Hall–Kier alpha value is -0.300. The van der Waals surface area contributed by atoms with Crippen LogP contribution in [0, 0.1) is 23.7 Å². The minimum Gasteiger partial charge on any atom is -0.393 e. The zero-order valence-corrected chi connectivity index (χ0v) is 6.61. The number of fused-ring (bicyclic) bond motifs is 5. The number of allylic oxidation sites excluding steroid dienone is 2. The molecule has 0 unspecified atom stereocenters. The summed E-state index contributed by atoms with van der Waals surface area (Å²) in [6.45, 7) is 0. The lowest BCUT2D eigenvalue weighted by Gasteiger charge is -2.27. The van der Waals surface area contributed by atoms with Gasteiger partial charge in [0, 0.05) is 0 Å². The summed E-state index contributed by atoms with van der Waals surface area (Å²) in [7, 11) is 0. The first kappa shape index (κ1) is 6.24. The molecule has 0 saturated heterocycles. The van der Waals surface area contributed by atoms with Crippen LogP contribution in [0.3, 0.4) is 0 Å². The molecule has 0 spiro atoms. The standard InChI is InChI=1S/C10H14O/c11-10-5-6-4-9(10)8-3-1-2-7(6)8/h1,3,6-11H,2,4-5H2/t6-,7+,8-,9+,10-/m1/s1. The lowest BCUT2D eigenvalue weighted by molar-refractivity contribution is 0.0746. The summed E-state index contributed by atoms with van der Waals surface area (Å²) < 4.78 is 0. The molecule has 0 aliphatic heterocycles. The van der Waals surface area contributed by atoms with Crippen LogP contribution in [0.25, 0.3) is 0 Å². The van der Waals surface area contributed by atoms with Crippen LogP contribution in [0.1, 0.15) is 19.3 Å². The smallest absolute Gasteiger partial charge is 0.0577 e. The molecule has 11 heavy (non-hydrogen) atoms. The zero-order valence-electron chi connectivity index (χ0n) is 6.61. The van der Waals surface area contributed by atoms with Crippen LogP contribution in [0.15, 0.2) is 12.2 Å². The average molecular weight is 150 g/mol. The molecule has 0 aromatic rings. The molecule has 0 aromatic heterocycles. The summed E-state index contributed by atoms with van der Waals surface area (Å²) in [5, 5.41) is 9.63. The summed E-state index contributed by atoms with van der Waals surface area (Å²) in [6.07, 6.45) is 8.38. The van der Waals surface area contributed by atoms with Crippen molar-refractivity contribution in [3.63, 3.8) is 0 Å².